The molecule has 0 unspecified atom stereocenters. The standard InChI is InChI=1S/C12H24N2O2/c1-12(2,3)16-11(15)14-7-4-5-10(9-13)6-8-14/h10H,4-9,13H2,1-3H3/t10-/m0/s1. The van der Waals surface area contributed by atoms with Crippen LogP contribution < -0.4 is 5.73 Å². The number of carbonyl (C=O) groups is 1. The summed E-state index contributed by atoms with van der Waals surface area (Å²) >= 11 is 0. The summed E-state index contributed by atoms with van der Waals surface area (Å²) in [7, 11) is 0. The van der Waals surface area contributed by atoms with Gasteiger partial charge in [-0.25, -0.2) is 4.79 Å². The lowest BCUT2D eigenvalue weighted by Gasteiger charge is -2.26. The first kappa shape index (κ1) is 13.3. The number of amides is 1. The van der Waals surface area contributed by atoms with Gasteiger partial charge in [-0.05, 0) is 52.5 Å². The summed E-state index contributed by atoms with van der Waals surface area (Å²) < 4.78 is 5.36. The van der Waals surface area contributed by atoms with Gasteiger partial charge in [0.1, 0.15) is 5.60 Å². The van der Waals surface area contributed by atoms with Crippen LogP contribution in [0.1, 0.15) is 40.0 Å². The van der Waals surface area contributed by atoms with E-state index in [0.29, 0.717) is 5.92 Å². The third kappa shape index (κ3) is 4.39. The molecule has 1 amide bonds. The first-order valence-corrected chi connectivity index (χ1v) is 6.10. The topological polar surface area (TPSA) is 55.6 Å². The number of hydrogen-bond donors (Lipinski definition) is 1. The van der Waals surface area contributed by atoms with Crippen molar-refractivity contribution in [2.75, 3.05) is 19.6 Å². The van der Waals surface area contributed by atoms with Gasteiger partial charge in [-0.3, -0.25) is 0 Å². The second-order valence-corrected chi connectivity index (χ2v) is 5.50. The van der Waals surface area contributed by atoms with Crippen LogP contribution in [0.3, 0.4) is 0 Å². The van der Waals surface area contributed by atoms with Crippen molar-refractivity contribution in [1.82, 2.24) is 4.90 Å². The largest absolute Gasteiger partial charge is 0.444 e. The molecule has 2 N–H and O–H groups in total. The quantitative estimate of drug-likeness (QED) is 0.746. The third-order valence-corrected chi connectivity index (χ3v) is 2.83. The number of carbonyl (C=O) groups excluding carboxylic acids is 1. The average Bonchev–Trinajstić information content (AvgIpc) is 2.39. The van der Waals surface area contributed by atoms with Gasteiger partial charge in [0, 0.05) is 13.1 Å². The highest BCUT2D eigenvalue weighted by Gasteiger charge is 2.24. The summed E-state index contributed by atoms with van der Waals surface area (Å²) in [5.41, 5.74) is 5.26. The summed E-state index contributed by atoms with van der Waals surface area (Å²) in [5, 5.41) is 0. The van der Waals surface area contributed by atoms with Crippen LogP contribution in [0, 0.1) is 5.92 Å². The van der Waals surface area contributed by atoms with Crippen LogP contribution >= 0.6 is 0 Å². The fraction of sp³-hybridized carbons (Fsp3) is 0.917. The first-order chi connectivity index (χ1) is 7.42. The Kier molecular flexibility index (Phi) is 4.59. The van der Waals surface area contributed by atoms with Gasteiger partial charge in [0.05, 0.1) is 0 Å². The Hall–Kier alpha value is -0.770. The molecular formula is C12H24N2O2. The van der Waals surface area contributed by atoms with Crippen molar-refractivity contribution in [3.05, 3.63) is 0 Å². The van der Waals surface area contributed by atoms with Gasteiger partial charge >= 0.3 is 6.09 Å². The van der Waals surface area contributed by atoms with Crippen LogP contribution in [-0.4, -0.2) is 36.2 Å². The second-order valence-electron chi connectivity index (χ2n) is 5.50. The van der Waals surface area contributed by atoms with Gasteiger partial charge in [-0.2, -0.15) is 0 Å². The van der Waals surface area contributed by atoms with Crippen LogP contribution in [0.5, 0.6) is 0 Å². The summed E-state index contributed by atoms with van der Waals surface area (Å²) in [6.45, 7) is 7.98. The first-order valence-electron chi connectivity index (χ1n) is 6.10. The lowest BCUT2D eigenvalue weighted by atomic mass is 10.0. The molecule has 16 heavy (non-hydrogen) atoms. The molecule has 0 aliphatic carbocycles. The highest BCUT2D eigenvalue weighted by atomic mass is 16.6. The fourth-order valence-electron chi connectivity index (χ4n) is 1.91. The second kappa shape index (κ2) is 5.53. The zero-order chi connectivity index (χ0) is 12.2. The van der Waals surface area contributed by atoms with Crippen molar-refractivity contribution < 1.29 is 9.53 Å². The number of nitrogens with two attached hydrogens (primary N) is 1. The number of likely N-dealkylation sites (tertiary alicyclic amines) is 1. The van der Waals surface area contributed by atoms with Crippen LogP contribution in [0.15, 0.2) is 0 Å². The van der Waals surface area contributed by atoms with Crippen molar-refractivity contribution in [2.24, 2.45) is 11.7 Å². The fourth-order valence-corrected chi connectivity index (χ4v) is 1.91. The van der Waals surface area contributed by atoms with E-state index in [1.165, 1.54) is 0 Å². The molecule has 94 valence electrons. The Bertz CT molecular complexity index is 236. The predicted octanol–water partition coefficient (Wildman–Crippen LogP) is 1.98. The Labute approximate surface area is 98.1 Å². The summed E-state index contributed by atoms with van der Waals surface area (Å²) in [5.74, 6) is 0.562. The lowest BCUT2D eigenvalue weighted by molar-refractivity contribution is 0.0255. The lowest BCUT2D eigenvalue weighted by Crippen LogP contribution is -2.37. The van der Waals surface area contributed by atoms with E-state index in [2.05, 4.69) is 0 Å². The maximum absolute atomic E-state index is 11.8. The van der Waals surface area contributed by atoms with E-state index in [0.717, 1.165) is 38.9 Å². The predicted molar refractivity (Wildman–Crippen MR) is 64.2 cm³/mol. The molecule has 0 aromatic carbocycles. The van der Waals surface area contributed by atoms with Gasteiger partial charge in [0.2, 0.25) is 0 Å². The molecule has 0 radical (unpaired) electrons. The average molecular weight is 228 g/mol. The van der Waals surface area contributed by atoms with E-state index in [1.54, 1.807) is 4.90 Å². The van der Waals surface area contributed by atoms with Crippen LogP contribution in [-0.2, 0) is 4.74 Å². The molecule has 0 bridgehead atoms. The molecule has 1 aliphatic heterocycles. The number of hydrogen-bond acceptors (Lipinski definition) is 3. The van der Waals surface area contributed by atoms with Crippen molar-refractivity contribution in [3.63, 3.8) is 0 Å². The maximum Gasteiger partial charge on any atom is 0.410 e. The molecule has 4 nitrogen and oxygen atoms in total. The Morgan fingerprint density at radius 3 is 2.62 bits per heavy atom. The highest BCUT2D eigenvalue weighted by molar-refractivity contribution is 5.68. The highest BCUT2D eigenvalue weighted by Crippen LogP contribution is 2.18. The molecule has 1 aliphatic rings. The van der Waals surface area contributed by atoms with Crippen molar-refractivity contribution in [2.45, 2.75) is 45.6 Å². The van der Waals surface area contributed by atoms with E-state index < -0.39 is 5.60 Å². The van der Waals surface area contributed by atoms with E-state index in [9.17, 15) is 4.79 Å². The Morgan fingerprint density at radius 1 is 1.38 bits per heavy atom. The molecule has 1 heterocycles. The number of rotatable bonds is 1. The molecule has 0 aromatic rings. The minimum Gasteiger partial charge on any atom is -0.444 e. The zero-order valence-corrected chi connectivity index (χ0v) is 10.7. The number of ether oxygens (including phenoxy) is 1. The Morgan fingerprint density at radius 2 is 2.06 bits per heavy atom. The molecule has 1 saturated heterocycles. The normalized spacial score (nSPS) is 22.8. The molecule has 1 rings (SSSR count). The molecular weight excluding hydrogens is 204 g/mol. The van der Waals surface area contributed by atoms with Crippen LogP contribution in [0.25, 0.3) is 0 Å². The molecule has 0 saturated carbocycles. The van der Waals surface area contributed by atoms with Crippen LogP contribution in [0.4, 0.5) is 4.79 Å². The monoisotopic (exact) mass is 228 g/mol. The van der Waals surface area contributed by atoms with E-state index in [1.807, 2.05) is 20.8 Å². The molecule has 0 spiro atoms. The molecule has 4 heteroatoms. The third-order valence-electron chi connectivity index (χ3n) is 2.83. The maximum atomic E-state index is 11.8. The Balaban J connectivity index is 2.45. The van der Waals surface area contributed by atoms with E-state index in [4.69, 9.17) is 10.5 Å². The zero-order valence-electron chi connectivity index (χ0n) is 10.7. The van der Waals surface area contributed by atoms with E-state index in [-0.39, 0.29) is 6.09 Å². The molecule has 1 atom stereocenters. The summed E-state index contributed by atoms with van der Waals surface area (Å²) in [6.07, 6.45) is 2.96. The summed E-state index contributed by atoms with van der Waals surface area (Å²) in [6, 6.07) is 0. The van der Waals surface area contributed by atoms with Crippen molar-refractivity contribution in [1.29, 1.82) is 0 Å². The minimum atomic E-state index is -0.406. The van der Waals surface area contributed by atoms with Crippen molar-refractivity contribution in [3.8, 4) is 0 Å². The number of nitrogens with zero attached hydrogens (tertiary/aromatic N) is 1. The van der Waals surface area contributed by atoms with Crippen LogP contribution in [0.2, 0.25) is 0 Å². The molecule has 1 fully saturated rings. The van der Waals surface area contributed by atoms with Gasteiger partial charge in [0.15, 0.2) is 0 Å². The smallest absolute Gasteiger partial charge is 0.410 e. The van der Waals surface area contributed by atoms with Crippen molar-refractivity contribution >= 4 is 6.09 Å². The molecule has 0 aromatic heterocycles. The van der Waals surface area contributed by atoms with E-state index >= 15 is 0 Å². The summed E-state index contributed by atoms with van der Waals surface area (Å²) in [4.78, 5) is 13.6. The van der Waals surface area contributed by atoms with Gasteiger partial charge in [-0.1, -0.05) is 0 Å². The van der Waals surface area contributed by atoms with Gasteiger partial charge in [0.25, 0.3) is 0 Å². The SMILES string of the molecule is CC(C)(C)OC(=O)N1CCC[C@H](CN)CC1. The van der Waals surface area contributed by atoms with Gasteiger partial charge < -0.3 is 15.4 Å². The minimum absolute atomic E-state index is 0.190. The van der Waals surface area contributed by atoms with Gasteiger partial charge in [-0.15, -0.1) is 0 Å².